The summed E-state index contributed by atoms with van der Waals surface area (Å²) >= 11 is 0. The molecular formula is C11H14ClF2NO. The van der Waals surface area contributed by atoms with Gasteiger partial charge in [0.25, 0.3) is 0 Å². The van der Waals surface area contributed by atoms with Gasteiger partial charge in [-0.25, -0.2) is 0 Å². The van der Waals surface area contributed by atoms with E-state index in [1.54, 1.807) is 18.2 Å². The van der Waals surface area contributed by atoms with Crippen LogP contribution in [0.1, 0.15) is 24.4 Å². The Hall–Kier alpha value is -0.870. The van der Waals surface area contributed by atoms with Crippen LogP contribution in [0, 0.1) is 0 Å². The van der Waals surface area contributed by atoms with Crippen LogP contribution >= 0.6 is 12.4 Å². The number of nitrogens with one attached hydrogen (secondary N) is 1. The van der Waals surface area contributed by atoms with E-state index < -0.39 is 6.61 Å². The van der Waals surface area contributed by atoms with Crippen LogP contribution in [-0.2, 0) is 0 Å². The molecule has 1 saturated heterocycles. The zero-order valence-electron chi connectivity index (χ0n) is 8.66. The quantitative estimate of drug-likeness (QED) is 0.889. The number of alkyl halides is 2. The van der Waals surface area contributed by atoms with E-state index in [1.807, 2.05) is 6.07 Å². The molecule has 5 heteroatoms. The highest BCUT2D eigenvalue weighted by Gasteiger charge is 2.16. The van der Waals surface area contributed by atoms with Crippen molar-refractivity contribution in [2.45, 2.75) is 25.5 Å². The standard InChI is InChI=1S/C11H13F2NO.ClH/c12-11(13)15-9-4-1-3-8(7-9)10-5-2-6-14-10;/h1,3-4,7,10-11,14H,2,5-6H2;1H/t10-;/m0./s1. The van der Waals surface area contributed by atoms with Crippen molar-refractivity contribution in [3.63, 3.8) is 0 Å². The molecule has 1 N–H and O–H groups in total. The predicted octanol–water partition coefficient (Wildman–Crippen LogP) is 3.13. The van der Waals surface area contributed by atoms with Gasteiger partial charge in [0.15, 0.2) is 0 Å². The molecule has 0 radical (unpaired) electrons. The first-order valence-corrected chi connectivity index (χ1v) is 5.04. The van der Waals surface area contributed by atoms with Crippen LogP contribution in [0.3, 0.4) is 0 Å². The van der Waals surface area contributed by atoms with E-state index in [2.05, 4.69) is 10.1 Å². The summed E-state index contributed by atoms with van der Waals surface area (Å²) in [6.07, 6.45) is 2.18. The van der Waals surface area contributed by atoms with Crippen molar-refractivity contribution < 1.29 is 13.5 Å². The van der Waals surface area contributed by atoms with Crippen molar-refractivity contribution in [3.8, 4) is 5.75 Å². The fourth-order valence-electron chi connectivity index (χ4n) is 1.88. The van der Waals surface area contributed by atoms with Crippen molar-refractivity contribution in [1.82, 2.24) is 5.32 Å². The van der Waals surface area contributed by atoms with E-state index in [9.17, 15) is 8.78 Å². The lowest BCUT2D eigenvalue weighted by molar-refractivity contribution is -0.0499. The normalized spacial score (nSPS) is 19.6. The van der Waals surface area contributed by atoms with Crippen LogP contribution in [0.4, 0.5) is 8.78 Å². The van der Waals surface area contributed by atoms with Gasteiger partial charge in [0, 0.05) is 6.04 Å². The summed E-state index contributed by atoms with van der Waals surface area (Å²) in [5.41, 5.74) is 1.02. The SMILES string of the molecule is Cl.FC(F)Oc1cccc([C@@H]2CCCN2)c1. The molecule has 0 spiro atoms. The lowest BCUT2D eigenvalue weighted by Gasteiger charge is -2.12. The highest BCUT2D eigenvalue weighted by molar-refractivity contribution is 5.85. The Morgan fingerprint density at radius 1 is 1.38 bits per heavy atom. The molecule has 1 aromatic carbocycles. The van der Waals surface area contributed by atoms with Gasteiger partial charge in [-0.05, 0) is 37.1 Å². The van der Waals surface area contributed by atoms with Gasteiger partial charge in [-0.1, -0.05) is 12.1 Å². The molecule has 0 aliphatic carbocycles. The van der Waals surface area contributed by atoms with Gasteiger partial charge in [-0.3, -0.25) is 0 Å². The summed E-state index contributed by atoms with van der Waals surface area (Å²) in [6.45, 7) is -1.76. The Labute approximate surface area is 99.4 Å². The second-order valence-electron chi connectivity index (χ2n) is 3.60. The first-order chi connectivity index (χ1) is 7.25. The Balaban J connectivity index is 0.00000128. The Bertz CT molecular complexity index is 330. The predicted molar refractivity (Wildman–Crippen MR) is 60.3 cm³/mol. The minimum absolute atomic E-state index is 0. The highest BCUT2D eigenvalue weighted by Crippen LogP contribution is 2.26. The molecule has 90 valence electrons. The number of hydrogen-bond donors (Lipinski definition) is 1. The van der Waals surface area contributed by atoms with Crippen LogP contribution in [0.25, 0.3) is 0 Å². The Kier molecular flexibility index (Phi) is 4.96. The molecule has 1 heterocycles. The highest BCUT2D eigenvalue weighted by atomic mass is 35.5. The van der Waals surface area contributed by atoms with Crippen LogP contribution in [0.5, 0.6) is 5.75 Å². The molecule has 1 aromatic rings. The average molecular weight is 250 g/mol. The summed E-state index contributed by atoms with van der Waals surface area (Å²) in [7, 11) is 0. The molecule has 1 aliphatic rings. The minimum atomic E-state index is -2.75. The van der Waals surface area contributed by atoms with Crippen molar-refractivity contribution in [2.24, 2.45) is 0 Å². The summed E-state index contributed by atoms with van der Waals surface area (Å²) in [5.74, 6) is 0.233. The third-order valence-corrected chi connectivity index (χ3v) is 2.55. The van der Waals surface area contributed by atoms with Gasteiger partial charge in [0.2, 0.25) is 0 Å². The van der Waals surface area contributed by atoms with E-state index >= 15 is 0 Å². The van der Waals surface area contributed by atoms with Gasteiger partial charge in [0.05, 0.1) is 0 Å². The Morgan fingerprint density at radius 3 is 2.81 bits per heavy atom. The lowest BCUT2D eigenvalue weighted by atomic mass is 10.1. The molecule has 2 nitrogen and oxygen atoms in total. The summed E-state index contributed by atoms with van der Waals surface area (Å²) in [4.78, 5) is 0. The average Bonchev–Trinajstić information content (AvgIpc) is 2.69. The summed E-state index contributed by atoms with van der Waals surface area (Å²) < 4.78 is 28.3. The molecule has 0 bridgehead atoms. The monoisotopic (exact) mass is 249 g/mol. The van der Waals surface area contributed by atoms with E-state index in [4.69, 9.17) is 0 Å². The van der Waals surface area contributed by atoms with Crippen LogP contribution < -0.4 is 10.1 Å². The molecule has 1 aliphatic heterocycles. The Morgan fingerprint density at radius 2 is 2.19 bits per heavy atom. The van der Waals surface area contributed by atoms with Gasteiger partial charge in [0.1, 0.15) is 5.75 Å². The first kappa shape index (κ1) is 13.2. The second kappa shape index (κ2) is 6.01. The van der Waals surface area contributed by atoms with E-state index in [-0.39, 0.29) is 24.2 Å². The molecule has 0 unspecified atom stereocenters. The van der Waals surface area contributed by atoms with Crippen LogP contribution in [-0.4, -0.2) is 13.2 Å². The first-order valence-electron chi connectivity index (χ1n) is 5.04. The number of ether oxygens (including phenoxy) is 1. The van der Waals surface area contributed by atoms with Gasteiger partial charge < -0.3 is 10.1 Å². The minimum Gasteiger partial charge on any atom is -0.435 e. The van der Waals surface area contributed by atoms with Gasteiger partial charge in [-0.15, -0.1) is 12.4 Å². The maximum Gasteiger partial charge on any atom is 0.387 e. The summed E-state index contributed by atoms with van der Waals surface area (Å²) in [5, 5.41) is 3.31. The molecule has 0 saturated carbocycles. The molecule has 1 fully saturated rings. The fraction of sp³-hybridized carbons (Fsp3) is 0.455. The van der Waals surface area contributed by atoms with Crippen LogP contribution in [0.2, 0.25) is 0 Å². The number of hydrogen-bond acceptors (Lipinski definition) is 2. The van der Waals surface area contributed by atoms with Crippen molar-refractivity contribution in [1.29, 1.82) is 0 Å². The summed E-state index contributed by atoms with van der Waals surface area (Å²) in [6, 6.07) is 7.18. The third kappa shape index (κ3) is 3.32. The molecule has 0 aromatic heterocycles. The number of benzene rings is 1. The maximum atomic E-state index is 12.0. The van der Waals surface area contributed by atoms with Crippen molar-refractivity contribution in [2.75, 3.05) is 6.54 Å². The van der Waals surface area contributed by atoms with Crippen molar-refractivity contribution in [3.05, 3.63) is 29.8 Å². The lowest BCUT2D eigenvalue weighted by Crippen LogP contribution is -2.13. The van der Waals surface area contributed by atoms with Gasteiger partial charge >= 0.3 is 6.61 Å². The number of halogens is 3. The maximum absolute atomic E-state index is 12.0. The zero-order chi connectivity index (χ0) is 10.7. The van der Waals surface area contributed by atoms with Crippen molar-refractivity contribution >= 4 is 12.4 Å². The van der Waals surface area contributed by atoms with E-state index in [0.717, 1.165) is 24.9 Å². The van der Waals surface area contributed by atoms with E-state index in [1.165, 1.54) is 0 Å². The molecule has 16 heavy (non-hydrogen) atoms. The number of rotatable bonds is 3. The third-order valence-electron chi connectivity index (χ3n) is 2.55. The second-order valence-corrected chi connectivity index (χ2v) is 3.60. The molecule has 0 amide bonds. The van der Waals surface area contributed by atoms with Crippen LogP contribution in [0.15, 0.2) is 24.3 Å². The van der Waals surface area contributed by atoms with E-state index in [0.29, 0.717) is 0 Å². The molecular weight excluding hydrogens is 236 g/mol. The smallest absolute Gasteiger partial charge is 0.387 e. The molecule has 2 rings (SSSR count). The largest absolute Gasteiger partial charge is 0.435 e. The van der Waals surface area contributed by atoms with Gasteiger partial charge in [-0.2, -0.15) is 8.78 Å². The topological polar surface area (TPSA) is 21.3 Å². The fourth-order valence-corrected chi connectivity index (χ4v) is 1.88. The molecule has 1 atom stereocenters. The zero-order valence-corrected chi connectivity index (χ0v) is 9.47.